The molecule has 0 atom stereocenters. The monoisotopic (exact) mass is 403 g/mol. The van der Waals surface area contributed by atoms with Crippen LogP contribution in [0.3, 0.4) is 0 Å². The molecular weight excluding hydrogens is 393 g/mol. The van der Waals surface area contributed by atoms with Gasteiger partial charge in [0.2, 0.25) is 9.84 Å². The van der Waals surface area contributed by atoms with Crippen molar-refractivity contribution in [3.63, 3.8) is 0 Å². The van der Waals surface area contributed by atoms with Gasteiger partial charge in [0.25, 0.3) is 0 Å². The first-order valence-electron chi connectivity index (χ1n) is 7.61. The maximum Gasteiger partial charge on any atom is 0.216 e. The van der Waals surface area contributed by atoms with Crippen molar-refractivity contribution < 1.29 is 12.8 Å². The fourth-order valence-electron chi connectivity index (χ4n) is 2.71. The minimum Gasteiger partial charge on any atom is -0.245 e. The second-order valence-corrected chi connectivity index (χ2v) is 9.17. The van der Waals surface area contributed by atoms with Gasteiger partial charge in [-0.1, -0.05) is 23.7 Å². The Morgan fingerprint density at radius 2 is 1.65 bits per heavy atom. The van der Waals surface area contributed by atoms with Crippen molar-refractivity contribution in [1.82, 2.24) is 4.98 Å². The number of halogens is 2. The molecule has 26 heavy (non-hydrogen) atoms. The number of nitrogens with zero attached hydrogens (tertiary/aromatic N) is 1. The first-order chi connectivity index (χ1) is 12.5. The van der Waals surface area contributed by atoms with Crippen LogP contribution in [0.25, 0.3) is 21.3 Å². The van der Waals surface area contributed by atoms with Crippen LogP contribution in [0.5, 0.6) is 0 Å². The smallest absolute Gasteiger partial charge is 0.216 e. The van der Waals surface area contributed by atoms with Crippen molar-refractivity contribution in [1.29, 1.82) is 0 Å². The van der Waals surface area contributed by atoms with E-state index in [1.165, 1.54) is 12.1 Å². The summed E-state index contributed by atoms with van der Waals surface area (Å²) in [4.78, 5) is 4.96. The molecule has 4 rings (SSSR count). The molecule has 0 fully saturated rings. The van der Waals surface area contributed by atoms with Crippen LogP contribution in [-0.4, -0.2) is 13.4 Å². The van der Waals surface area contributed by atoms with Crippen molar-refractivity contribution in [2.24, 2.45) is 0 Å². The minimum atomic E-state index is -3.83. The van der Waals surface area contributed by atoms with Gasteiger partial charge in [-0.05, 0) is 54.1 Å². The predicted molar refractivity (Wildman–Crippen MR) is 102 cm³/mol. The van der Waals surface area contributed by atoms with Crippen molar-refractivity contribution in [3.8, 4) is 11.1 Å². The van der Waals surface area contributed by atoms with Crippen molar-refractivity contribution in [3.05, 3.63) is 77.7 Å². The molecule has 0 unspecified atom stereocenters. The summed E-state index contributed by atoms with van der Waals surface area (Å²) in [5, 5.41) is 1.31. The zero-order valence-electron chi connectivity index (χ0n) is 13.2. The highest BCUT2D eigenvalue weighted by Crippen LogP contribution is 2.43. The van der Waals surface area contributed by atoms with Crippen molar-refractivity contribution >= 4 is 43.0 Å². The Kier molecular flexibility index (Phi) is 4.26. The molecule has 0 aliphatic rings. The Morgan fingerprint density at radius 3 is 2.35 bits per heavy atom. The van der Waals surface area contributed by atoms with Crippen LogP contribution in [0.2, 0.25) is 5.02 Å². The van der Waals surface area contributed by atoms with Gasteiger partial charge in [0.1, 0.15) is 14.9 Å². The van der Waals surface area contributed by atoms with Crippen LogP contribution in [0.4, 0.5) is 4.39 Å². The normalized spacial score (nSPS) is 11.8. The number of pyridine rings is 1. The van der Waals surface area contributed by atoms with E-state index in [1.54, 1.807) is 36.5 Å². The molecule has 0 spiro atoms. The number of hydrogen-bond donors (Lipinski definition) is 0. The fraction of sp³-hybridized carbons (Fsp3) is 0. The summed E-state index contributed by atoms with van der Waals surface area (Å²) >= 11 is 7.07. The summed E-state index contributed by atoms with van der Waals surface area (Å²) in [7, 11) is -3.83. The maximum atomic E-state index is 13.2. The maximum absolute atomic E-state index is 13.2. The summed E-state index contributed by atoms with van der Waals surface area (Å²) in [5.74, 6) is -0.486. The molecule has 2 aromatic heterocycles. The molecule has 0 saturated carbocycles. The predicted octanol–water partition coefficient (Wildman–Crippen LogP) is 5.59. The zero-order chi connectivity index (χ0) is 18.3. The Morgan fingerprint density at radius 1 is 0.962 bits per heavy atom. The van der Waals surface area contributed by atoms with Gasteiger partial charge in [0, 0.05) is 22.2 Å². The first-order valence-corrected chi connectivity index (χ1v) is 10.3. The molecule has 0 amide bonds. The third kappa shape index (κ3) is 2.90. The summed E-state index contributed by atoms with van der Waals surface area (Å²) in [6.45, 7) is 0. The Labute approximate surface area is 158 Å². The third-order valence-electron chi connectivity index (χ3n) is 3.93. The lowest BCUT2D eigenvalue weighted by atomic mass is 10.1. The summed E-state index contributed by atoms with van der Waals surface area (Å²) < 4.78 is 39.8. The molecule has 0 saturated heterocycles. The van der Waals surface area contributed by atoms with E-state index in [0.717, 1.165) is 34.4 Å². The molecule has 0 aliphatic heterocycles. The van der Waals surface area contributed by atoms with Gasteiger partial charge in [0.05, 0.1) is 4.90 Å². The van der Waals surface area contributed by atoms with E-state index in [1.807, 2.05) is 6.07 Å². The SMILES string of the molecule is O=S(=O)(c1ccc(F)cc1)c1sc2ncccc2c1-c1ccc(Cl)cc1. The average Bonchev–Trinajstić information content (AvgIpc) is 3.03. The van der Waals surface area contributed by atoms with Crippen LogP contribution in [-0.2, 0) is 9.84 Å². The molecule has 7 heteroatoms. The number of aromatic nitrogens is 1. The van der Waals surface area contributed by atoms with E-state index in [0.29, 0.717) is 15.4 Å². The summed E-state index contributed by atoms with van der Waals surface area (Å²) in [6.07, 6.45) is 1.62. The van der Waals surface area contributed by atoms with Crippen LogP contribution >= 0.6 is 22.9 Å². The first kappa shape index (κ1) is 17.1. The third-order valence-corrected chi connectivity index (χ3v) is 7.59. The standard InChI is InChI=1S/C19H11ClFNO2S2/c20-13-5-3-12(4-6-13)17-16-2-1-11-22-18(16)25-19(17)26(23,24)15-9-7-14(21)8-10-15/h1-11H. The van der Waals surface area contributed by atoms with Crippen LogP contribution in [0, 0.1) is 5.82 Å². The van der Waals surface area contributed by atoms with E-state index >= 15 is 0 Å². The number of sulfone groups is 1. The molecule has 0 bridgehead atoms. The molecule has 2 aromatic carbocycles. The quantitative estimate of drug-likeness (QED) is 0.419. The zero-order valence-corrected chi connectivity index (χ0v) is 15.6. The van der Waals surface area contributed by atoms with E-state index in [4.69, 9.17) is 11.6 Å². The molecule has 0 aliphatic carbocycles. The van der Waals surface area contributed by atoms with E-state index in [2.05, 4.69) is 4.98 Å². The molecule has 2 heterocycles. The average molecular weight is 404 g/mol. The topological polar surface area (TPSA) is 47.0 Å². The van der Waals surface area contributed by atoms with E-state index in [9.17, 15) is 12.8 Å². The minimum absolute atomic E-state index is 0.0423. The molecular formula is C19H11ClFNO2S2. The van der Waals surface area contributed by atoms with E-state index < -0.39 is 15.7 Å². The van der Waals surface area contributed by atoms with Gasteiger partial charge in [-0.2, -0.15) is 0 Å². The van der Waals surface area contributed by atoms with Gasteiger partial charge in [-0.15, -0.1) is 11.3 Å². The lowest BCUT2D eigenvalue weighted by molar-refractivity contribution is 0.597. The molecule has 3 nitrogen and oxygen atoms in total. The van der Waals surface area contributed by atoms with Gasteiger partial charge in [-0.3, -0.25) is 0 Å². The van der Waals surface area contributed by atoms with Crippen LogP contribution in [0.15, 0.2) is 76.0 Å². The van der Waals surface area contributed by atoms with E-state index in [-0.39, 0.29) is 9.10 Å². The highest BCUT2D eigenvalue weighted by molar-refractivity contribution is 7.93. The second kappa shape index (κ2) is 6.46. The van der Waals surface area contributed by atoms with Gasteiger partial charge >= 0.3 is 0 Å². The van der Waals surface area contributed by atoms with Crippen LogP contribution in [0.1, 0.15) is 0 Å². The summed E-state index contributed by atoms with van der Waals surface area (Å²) in [5.41, 5.74) is 1.31. The largest absolute Gasteiger partial charge is 0.245 e. The molecule has 4 aromatic rings. The Hall–Kier alpha value is -2.28. The number of benzene rings is 2. The second-order valence-electron chi connectivity index (χ2n) is 5.58. The number of rotatable bonds is 3. The number of fused-ring (bicyclic) bond motifs is 1. The van der Waals surface area contributed by atoms with Crippen LogP contribution < -0.4 is 0 Å². The molecule has 0 N–H and O–H groups in total. The number of hydrogen-bond acceptors (Lipinski definition) is 4. The fourth-order valence-corrected chi connectivity index (χ4v) is 5.91. The molecule has 0 radical (unpaired) electrons. The van der Waals surface area contributed by atoms with Gasteiger partial charge in [0.15, 0.2) is 0 Å². The highest BCUT2D eigenvalue weighted by Gasteiger charge is 2.27. The summed E-state index contributed by atoms with van der Waals surface area (Å²) in [6, 6.07) is 15.4. The highest BCUT2D eigenvalue weighted by atomic mass is 35.5. The van der Waals surface area contributed by atoms with Gasteiger partial charge < -0.3 is 0 Å². The lowest BCUT2D eigenvalue weighted by Gasteiger charge is -2.07. The molecule has 130 valence electrons. The lowest BCUT2D eigenvalue weighted by Crippen LogP contribution is -2.01. The van der Waals surface area contributed by atoms with Crippen molar-refractivity contribution in [2.75, 3.05) is 0 Å². The Bertz CT molecular complexity index is 1200. The van der Waals surface area contributed by atoms with Crippen molar-refractivity contribution in [2.45, 2.75) is 9.10 Å². The van der Waals surface area contributed by atoms with Gasteiger partial charge in [-0.25, -0.2) is 17.8 Å². The number of thiophene rings is 1. The Balaban J connectivity index is 2.02.